The molecule has 166 valence electrons. The first-order chi connectivity index (χ1) is 16.1. The molecule has 0 aliphatic carbocycles. The minimum absolute atomic E-state index is 0.334. The van der Waals surface area contributed by atoms with Crippen molar-refractivity contribution in [2.24, 2.45) is 0 Å². The van der Waals surface area contributed by atoms with Gasteiger partial charge in [-0.1, -0.05) is 12.1 Å². The molecule has 5 rings (SSSR count). The maximum Gasteiger partial charge on any atom is 0.256 e. The van der Waals surface area contributed by atoms with Crippen LogP contribution in [-0.4, -0.2) is 35.0 Å². The van der Waals surface area contributed by atoms with Gasteiger partial charge in [0.05, 0.1) is 5.69 Å². The molecule has 0 spiro atoms. The van der Waals surface area contributed by atoms with Crippen molar-refractivity contribution in [2.75, 3.05) is 23.7 Å². The van der Waals surface area contributed by atoms with Gasteiger partial charge < -0.3 is 16.0 Å². The third-order valence-corrected chi connectivity index (χ3v) is 5.85. The summed E-state index contributed by atoms with van der Waals surface area (Å²) in [5, 5.41) is 11.7. The van der Waals surface area contributed by atoms with Crippen LogP contribution in [0.2, 0.25) is 0 Å². The molecular weight excluding hydrogens is 417 g/mol. The highest BCUT2D eigenvalue weighted by molar-refractivity contribution is 6.04. The number of halogens is 1. The summed E-state index contributed by atoms with van der Waals surface area (Å²) >= 11 is 0. The number of aromatic nitrogens is 2. The molecule has 1 fully saturated rings. The molecular formula is C26H24FN5O. The molecule has 3 heterocycles. The summed E-state index contributed by atoms with van der Waals surface area (Å²) in [6, 6.07) is 16.0. The Morgan fingerprint density at radius 2 is 1.73 bits per heavy atom. The Morgan fingerprint density at radius 3 is 2.55 bits per heavy atom. The number of rotatable bonds is 5. The lowest BCUT2D eigenvalue weighted by molar-refractivity contribution is 0.102. The summed E-state index contributed by atoms with van der Waals surface area (Å²) in [4.78, 5) is 21.2. The van der Waals surface area contributed by atoms with Gasteiger partial charge in [0.1, 0.15) is 11.6 Å². The summed E-state index contributed by atoms with van der Waals surface area (Å²) in [6.45, 7) is 2.06. The van der Waals surface area contributed by atoms with Crippen molar-refractivity contribution in [3.05, 3.63) is 84.6 Å². The summed E-state index contributed by atoms with van der Waals surface area (Å²) in [5.41, 5.74) is 3.44. The van der Waals surface area contributed by atoms with E-state index in [0.29, 0.717) is 17.4 Å². The predicted molar refractivity (Wildman–Crippen MR) is 129 cm³/mol. The van der Waals surface area contributed by atoms with Gasteiger partial charge in [0, 0.05) is 41.1 Å². The second-order valence-electron chi connectivity index (χ2n) is 8.22. The maximum atomic E-state index is 13.1. The standard InChI is InChI=1S/C26H24FN5O/c27-22-5-3-17(4-6-22)26(33)32-25-13-20-11-18(1-2-19(20)15-30-25)21-12-24(16-29-14-21)31-23-7-9-28-10-8-23/h1-6,11-16,23,28,31H,7-10H2,(H,30,32,33). The van der Waals surface area contributed by atoms with Gasteiger partial charge in [-0.05, 0) is 79.3 Å². The van der Waals surface area contributed by atoms with Crippen molar-refractivity contribution < 1.29 is 9.18 Å². The van der Waals surface area contributed by atoms with E-state index in [-0.39, 0.29) is 11.7 Å². The van der Waals surface area contributed by atoms with Gasteiger partial charge >= 0.3 is 0 Å². The molecule has 0 saturated carbocycles. The summed E-state index contributed by atoms with van der Waals surface area (Å²) in [7, 11) is 0. The molecule has 1 amide bonds. The van der Waals surface area contributed by atoms with E-state index >= 15 is 0 Å². The van der Waals surface area contributed by atoms with E-state index in [9.17, 15) is 9.18 Å². The number of fused-ring (bicyclic) bond motifs is 1. The molecule has 33 heavy (non-hydrogen) atoms. The smallest absolute Gasteiger partial charge is 0.256 e. The Morgan fingerprint density at radius 1 is 0.909 bits per heavy atom. The lowest BCUT2D eigenvalue weighted by Gasteiger charge is -2.24. The number of benzene rings is 2. The average molecular weight is 442 g/mol. The van der Waals surface area contributed by atoms with Crippen LogP contribution in [0.1, 0.15) is 23.2 Å². The molecule has 6 nitrogen and oxygen atoms in total. The van der Waals surface area contributed by atoms with Crippen LogP contribution in [0.15, 0.2) is 73.2 Å². The number of anilines is 2. The third-order valence-electron chi connectivity index (χ3n) is 5.85. The average Bonchev–Trinajstić information content (AvgIpc) is 2.85. The van der Waals surface area contributed by atoms with Crippen LogP contribution in [0.3, 0.4) is 0 Å². The van der Waals surface area contributed by atoms with Crippen LogP contribution >= 0.6 is 0 Å². The number of carbonyl (C=O) groups excluding carboxylic acids is 1. The molecule has 2 aromatic heterocycles. The number of pyridine rings is 2. The molecule has 4 aromatic rings. The molecule has 0 bridgehead atoms. The molecule has 0 atom stereocenters. The zero-order chi connectivity index (χ0) is 22.6. The lowest BCUT2D eigenvalue weighted by atomic mass is 10.0. The van der Waals surface area contributed by atoms with Crippen LogP contribution in [-0.2, 0) is 0 Å². The van der Waals surface area contributed by atoms with Crippen LogP contribution < -0.4 is 16.0 Å². The Labute approximate surface area is 191 Å². The van der Waals surface area contributed by atoms with Gasteiger partial charge in [0.2, 0.25) is 0 Å². The number of amides is 1. The molecule has 0 radical (unpaired) electrons. The van der Waals surface area contributed by atoms with Crippen molar-refractivity contribution in [1.29, 1.82) is 0 Å². The van der Waals surface area contributed by atoms with E-state index in [4.69, 9.17) is 0 Å². The molecule has 0 unspecified atom stereocenters. The zero-order valence-corrected chi connectivity index (χ0v) is 18.0. The molecule has 1 saturated heterocycles. The van der Waals surface area contributed by atoms with Crippen LogP contribution in [0, 0.1) is 5.82 Å². The second kappa shape index (κ2) is 9.34. The van der Waals surface area contributed by atoms with Gasteiger partial charge in [0.15, 0.2) is 0 Å². The van der Waals surface area contributed by atoms with Crippen LogP contribution in [0.4, 0.5) is 15.9 Å². The van der Waals surface area contributed by atoms with Crippen molar-refractivity contribution in [3.63, 3.8) is 0 Å². The summed E-state index contributed by atoms with van der Waals surface area (Å²) < 4.78 is 13.1. The van der Waals surface area contributed by atoms with Gasteiger partial charge in [-0.25, -0.2) is 9.37 Å². The Hall–Kier alpha value is -3.84. The van der Waals surface area contributed by atoms with E-state index in [1.54, 1.807) is 6.20 Å². The number of piperidine rings is 1. The van der Waals surface area contributed by atoms with Crippen LogP contribution in [0.5, 0.6) is 0 Å². The van der Waals surface area contributed by atoms with E-state index in [1.165, 1.54) is 24.3 Å². The van der Waals surface area contributed by atoms with E-state index in [1.807, 2.05) is 30.6 Å². The number of nitrogens with zero attached hydrogens (tertiary/aromatic N) is 2. The molecule has 2 aromatic carbocycles. The number of hydrogen-bond donors (Lipinski definition) is 3. The fraction of sp³-hybridized carbons (Fsp3) is 0.192. The molecule has 3 N–H and O–H groups in total. The minimum atomic E-state index is -0.382. The van der Waals surface area contributed by atoms with E-state index in [0.717, 1.165) is 53.5 Å². The SMILES string of the molecule is O=C(Nc1cc2cc(-c3cncc(NC4CCNCC4)c3)ccc2cn1)c1ccc(F)cc1. The third kappa shape index (κ3) is 4.99. The number of hydrogen-bond acceptors (Lipinski definition) is 5. The normalized spacial score (nSPS) is 14.2. The highest BCUT2D eigenvalue weighted by Gasteiger charge is 2.13. The fourth-order valence-corrected chi connectivity index (χ4v) is 4.06. The highest BCUT2D eigenvalue weighted by Crippen LogP contribution is 2.27. The predicted octanol–water partition coefficient (Wildman–Crippen LogP) is 4.85. The number of carbonyl (C=O) groups is 1. The summed E-state index contributed by atoms with van der Waals surface area (Å²) in [5.74, 6) is -0.278. The number of nitrogens with one attached hydrogen (secondary N) is 3. The summed E-state index contributed by atoms with van der Waals surface area (Å²) in [6.07, 6.45) is 7.64. The second-order valence-corrected chi connectivity index (χ2v) is 8.22. The van der Waals surface area contributed by atoms with Gasteiger partial charge in [-0.3, -0.25) is 9.78 Å². The maximum absolute atomic E-state index is 13.1. The molecule has 1 aliphatic rings. The first kappa shape index (κ1) is 21.0. The lowest BCUT2D eigenvalue weighted by Crippen LogP contribution is -2.35. The Bertz CT molecular complexity index is 1290. The zero-order valence-electron chi connectivity index (χ0n) is 18.0. The first-order valence-corrected chi connectivity index (χ1v) is 11.0. The topological polar surface area (TPSA) is 78.9 Å². The van der Waals surface area contributed by atoms with Crippen molar-refractivity contribution >= 4 is 28.2 Å². The first-order valence-electron chi connectivity index (χ1n) is 11.0. The minimum Gasteiger partial charge on any atom is -0.381 e. The molecule has 1 aliphatic heterocycles. The van der Waals surface area contributed by atoms with Crippen molar-refractivity contribution in [2.45, 2.75) is 18.9 Å². The molecule has 7 heteroatoms. The van der Waals surface area contributed by atoms with Crippen molar-refractivity contribution in [3.8, 4) is 11.1 Å². The van der Waals surface area contributed by atoms with E-state index in [2.05, 4.69) is 38.1 Å². The van der Waals surface area contributed by atoms with Gasteiger partial charge in [-0.15, -0.1) is 0 Å². The van der Waals surface area contributed by atoms with E-state index < -0.39 is 0 Å². The van der Waals surface area contributed by atoms with Gasteiger partial charge in [0.25, 0.3) is 5.91 Å². The monoisotopic (exact) mass is 441 g/mol. The quantitative estimate of drug-likeness (QED) is 0.413. The highest BCUT2D eigenvalue weighted by atomic mass is 19.1. The van der Waals surface area contributed by atoms with Crippen LogP contribution in [0.25, 0.3) is 21.9 Å². The van der Waals surface area contributed by atoms with Gasteiger partial charge in [-0.2, -0.15) is 0 Å². The Balaban J connectivity index is 1.37. The largest absolute Gasteiger partial charge is 0.381 e. The Kier molecular flexibility index (Phi) is 5.95. The van der Waals surface area contributed by atoms with Crippen molar-refractivity contribution in [1.82, 2.24) is 15.3 Å². The fourth-order valence-electron chi connectivity index (χ4n) is 4.06.